The van der Waals surface area contributed by atoms with E-state index in [0.717, 1.165) is 16.9 Å². The Hall–Kier alpha value is -2.45. The number of hydrogen-bond acceptors (Lipinski definition) is 5. The van der Waals surface area contributed by atoms with Crippen molar-refractivity contribution in [1.29, 1.82) is 0 Å². The molecule has 0 saturated heterocycles. The molecule has 0 bridgehead atoms. The number of anilines is 2. The van der Waals surface area contributed by atoms with Gasteiger partial charge in [-0.1, -0.05) is 12.1 Å². The summed E-state index contributed by atoms with van der Waals surface area (Å²) in [6, 6.07) is 7.39. The Balaban J connectivity index is 1.88. The molecular weight excluding hydrogens is 350 g/mol. The smallest absolute Gasteiger partial charge is 0.250 e. The Kier molecular flexibility index (Phi) is 4.50. The minimum atomic E-state index is -0.660. The Morgan fingerprint density at radius 2 is 1.96 bits per heavy atom. The van der Waals surface area contributed by atoms with Crippen LogP contribution in [-0.4, -0.2) is 31.8 Å². The quantitative estimate of drug-likeness (QED) is 0.697. The van der Waals surface area contributed by atoms with E-state index in [4.69, 9.17) is 11.6 Å². The maximum absolute atomic E-state index is 11.6. The van der Waals surface area contributed by atoms with Gasteiger partial charge >= 0.3 is 0 Å². The first-order valence-corrected chi connectivity index (χ1v) is 8.43. The van der Waals surface area contributed by atoms with Crippen molar-refractivity contribution in [3.05, 3.63) is 29.6 Å². The van der Waals surface area contributed by atoms with Gasteiger partial charge in [0.1, 0.15) is 5.38 Å². The summed E-state index contributed by atoms with van der Waals surface area (Å²) in [5.74, 6) is -0.252. The molecule has 2 amide bonds. The second kappa shape index (κ2) is 6.58. The third kappa shape index (κ3) is 3.39. The molecule has 0 saturated carbocycles. The number of fused-ring (bicyclic) bond motifs is 1. The van der Waals surface area contributed by atoms with Crippen LogP contribution in [0.1, 0.15) is 13.8 Å². The summed E-state index contributed by atoms with van der Waals surface area (Å²) >= 11 is 7.14. The van der Waals surface area contributed by atoms with Crippen LogP contribution < -0.4 is 10.6 Å². The van der Waals surface area contributed by atoms with Gasteiger partial charge in [0.2, 0.25) is 16.8 Å². The average Bonchev–Trinajstić information content (AvgIpc) is 3.07. The highest BCUT2D eigenvalue weighted by Crippen LogP contribution is 2.27. The van der Waals surface area contributed by atoms with Crippen molar-refractivity contribution in [3.63, 3.8) is 0 Å². The van der Waals surface area contributed by atoms with E-state index in [1.165, 1.54) is 18.3 Å². The second-order valence-electron chi connectivity index (χ2n) is 5.11. The molecular formula is C15H14ClN5O2S. The summed E-state index contributed by atoms with van der Waals surface area (Å²) < 4.78 is 1.66. The molecule has 2 N–H and O–H groups in total. The van der Waals surface area contributed by atoms with Crippen molar-refractivity contribution in [2.24, 2.45) is 0 Å². The summed E-state index contributed by atoms with van der Waals surface area (Å²) in [6.45, 7) is 3.04. The third-order valence-electron chi connectivity index (χ3n) is 3.18. The van der Waals surface area contributed by atoms with Gasteiger partial charge in [-0.25, -0.2) is 4.52 Å². The van der Waals surface area contributed by atoms with Crippen molar-refractivity contribution in [1.82, 2.24) is 14.6 Å². The highest BCUT2D eigenvalue weighted by atomic mass is 35.5. The van der Waals surface area contributed by atoms with Gasteiger partial charge in [0, 0.05) is 23.6 Å². The van der Waals surface area contributed by atoms with Crippen LogP contribution in [0.5, 0.6) is 0 Å². The van der Waals surface area contributed by atoms with Gasteiger partial charge in [0.05, 0.1) is 5.69 Å². The number of nitrogens with zero attached hydrogens (tertiary/aromatic N) is 3. The minimum absolute atomic E-state index is 0.120. The molecule has 7 nitrogen and oxygen atoms in total. The van der Waals surface area contributed by atoms with Crippen LogP contribution in [-0.2, 0) is 9.59 Å². The van der Waals surface area contributed by atoms with Gasteiger partial charge in [0.25, 0.3) is 5.95 Å². The fraction of sp³-hybridized carbons (Fsp3) is 0.200. The molecule has 0 fully saturated rings. The van der Waals surface area contributed by atoms with Gasteiger partial charge in [-0.05, 0) is 19.1 Å². The molecule has 0 radical (unpaired) electrons. The van der Waals surface area contributed by atoms with Crippen LogP contribution in [0.15, 0.2) is 29.6 Å². The van der Waals surface area contributed by atoms with Gasteiger partial charge in [-0.3, -0.25) is 14.9 Å². The number of carbonyl (C=O) groups is 2. The number of aromatic nitrogens is 3. The summed E-state index contributed by atoms with van der Waals surface area (Å²) in [7, 11) is 0. The molecule has 1 atom stereocenters. The minimum Gasteiger partial charge on any atom is -0.326 e. The molecule has 0 aliphatic heterocycles. The normalized spacial score (nSPS) is 12.1. The van der Waals surface area contributed by atoms with Crippen LogP contribution in [0.4, 0.5) is 11.6 Å². The summed E-state index contributed by atoms with van der Waals surface area (Å²) in [5, 5.41) is 10.9. The van der Waals surface area contributed by atoms with Gasteiger partial charge in [-0.2, -0.15) is 4.98 Å². The first-order chi connectivity index (χ1) is 11.4. The number of hydrogen-bond donors (Lipinski definition) is 2. The predicted octanol–water partition coefficient (Wildman–Crippen LogP) is 2.98. The van der Waals surface area contributed by atoms with Crippen molar-refractivity contribution in [3.8, 4) is 11.3 Å². The van der Waals surface area contributed by atoms with Crippen LogP contribution >= 0.6 is 22.9 Å². The monoisotopic (exact) mass is 363 g/mol. The van der Waals surface area contributed by atoms with Crippen molar-refractivity contribution in [2.45, 2.75) is 19.2 Å². The van der Waals surface area contributed by atoms with Crippen molar-refractivity contribution < 1.29 is 9.59 Å². The Morgan fingerprint density at radius 3 is 2.58 bits per heavy atom. The first kappa shape index (κ1) is 16.4. The van der Waals surface area contributed by atoms with Crippen LogP contribution in [0.2, 0.25) is 0 Å². The zero-order valence-corrected chi connectivity index (χ0v) is 14.5. The second-order valence-corrected chi connectivity index (χ2v) is 6.61. The van der Waals surface area contributed by atoms with Gasteiger partial charge in [-0.15, -0.1) is 28.0 Å². The van der Waals surface area contributed by atoms with Crippen LogP contribution in [0.25, 0.3) is 16.2 Å². The molecule has 2 aromatic heterocycles. The molecule has 24 heavy (non-hydrogen) atoms. The zero-order valence-electron chi connectivity index (χ0n) is 12.9. The number of benzene rings is 1. The first-order valence-electron chi connectivity index (χ1n) is 7.11. The molecule has 0 aliphatic carbocycles. The number of rotatable bonds is 4. The number of halogens is 1. The van der Waals surface area contributed by atoms with Gasteiger partial charge < -0.3 is 5.32 Å². The maximum atomic E-state index is 11.6. The average molecular weight is 364 g/mol. The fourth-order valence-corrected chi connectivity index (χ4v) is 2.96. The van der Waals surface area contributed by atoms with Crippen LogP contribution in [0, 0.1) is 0 Å². The molecule has 1 aromatic carbocycles. The van der Waals surface area contributed by atoms with E-state index in [1.807, 2.05) is 29.6 Å². The number of alkyl halides is 1. The molecule has 1 unspecified atom stereocenters. The van der Waals surface area contributed by atoms with E-state index in [1.54, 1.807) is 11.4 Å². The molecule has 3 aromatic rings. The molecule has 2 heterocycles. The predicted molar refractivity (Wildman–Crippen MR) is 94.5 cm³/mol. The van der Waals surface area contributed by atoms with Crippen molar-refractivity contribution in [2.75, 3.05) is 10.6 Å². The van der Waals surface area contributed by atoms with E-state index in [2.05, 4.69) is 20.7 Å². The summed E-state index contributed by atoms with van der Waals surface area (Å²) in [4.78, 5) is 27.6. The maximum Gasteiger partial charge on any atom is 0.250 e. The molecule has 0 spiro atoms. The third-order valence-corrected chi connectivity index (χ3v) is 4.19. The lowest BCUT2D eigenvalue weighted by Crippen LogP contribution is -2.21. The lowest BCUT2D eigenvalue weighted by molar-refractivity contribution is -0.116. The standard InChI is InChI=1S/C15H14ClN5O2S/c1-8(16)13(23)18-14-19-15-21(20-14)12(7-24-15)10-3-5-11(6-4-10)17-9(2)22/h3-8H,1-2H3,(H,17,22)(H,18,20,23). The molecule has 3 rings (SSSR count). The Bertz CT molecular complexity index is 900. The van der Waals surface area contributed by atoms with E-state index >= 15 is 0 Å². The number of amides is 2. The fourth-order valence-electron chi connectivity index (χ4n) is 2.07. The van der Waals surface area contributed by atoms with Gasteiger partial charge in [0.15, 0.2) is 0 Å². The topological polar surface area (TPSA) is 88.4 Å². The van der Waals surface area contributed by atoms with E-state index in [0.29, 0.717) is 4.96 Å². The lowest BCUT2D eigenvalue weighted by Gasteiger charge is -2.04. The zero-order chi connectivity index (χ0) is 17.3. The Labute approximate surface area is 146 Å². The molecule has 9 heteroatoms. The molecule has 0 aliphatic rings. The largest absolute Gasteiger partial charge is 0.326 e. The Morgan fingerprint density at radius 1 is 1.25 bits per heavy atom. The van der Waals surface area contributed by atoms with Crippen molar-refractivity contribution >= 4 is 51.3 Å². The highest BCUT2D eigenvalue weighted by Gasteiger charge is 2.15. The SMILES string of the molecule is CC(=O)Nc1ccc(-c2csc3nc(NC(=O)C(C)Cl)nn23)cc1. The summed E-state index contributed by atoms with van der Waals surface area (Å²) in [5.41, 5.74) is 2.49. The number of thiazole rings is 1. The van der Waals surface area contributed by atoms with Crippen LogP contribution in [0.3, 0.4) is 0 Å². The number of carbonyl (C=O) groups excluding carboxylic acids is 2. The van der Waals surface area contributed by atoms with E-state index in [9.17, 15) is 9.59 Å². The lowest BCUT2D eigenvalue weighted by atomic mass is 10.1. The molecule has 124 valence electrons. The summed E-state index contributed by atoms with van der Waals surface area (Å²) in [6.07, 6.45) is 0. The highest BCUT2D eigenvalue weighted by molar-refractivity contribution is 7.15. The number of nitrogens with one attached hydrogen (secondary N) is 2. The van der Waals surface area contributed by atoms with E-state index < -0.39 is 5.38 Å². The van der Waals surface area contributed by atoms with E-state index in [-0.39, 0.29) is 17.8 Å².